The van der Waals surface area contributed by atoms with Gasteiger partial charge in [-0.2, -0.15) is 0 Å². The highest BCUT2D eigenvalue weighted by Crippen LogP contribution is 2.21. The normalized spacial score (nSPS) is 18.9. The van der Waals surface area contributed by atoms with Crippen molar-refractivity contribution in [1.29, 1.82) is 0 Å². The summed E-state index contributed by atoms with van der Waals surface area (Å²) >= 11 is 0. The molecule has 0 aromatic heterocycles. The van der Waals surface area contributed by atoms with E-state index < -0.39 is 10.8 Å². The minimum absolute atomic E-state index is 0.0507. The van der Waals surface area contributed by atoms with Gasteiger partial charge in [0.15, 0.2) is 0 Å². The first-order valence-electron chi connectivity index (χ1n) is 7.79. The molecular formula is C17H25NO2S. The van der Waals surface area contributed by atoms with Crippen molar-refractivity contribution >= 4 is 16.7 Å². The molecule has 116 valence electrons. The maximum atomic E-state index is 12.5. The summed E-state index contributed by atoms with van der Waals surface area (Å²) in [4.78, 5) is 14.2. The average molecular weight is 307 g/mol. The van der Waals surface area contributed by atoms with Crippen LogP contribution in [0.4, 0.5) is 0 Å². The van der Waals surface area contributed by atoms with Crippen molar-refractivity contribution < 1.29 is 9.00 Å². The monoisotopic (exact) mass is 307 g/mol. The number of rotatable bonds is 4. The number of benzene rings is 1. The van der Waals surface area contributed by atoms with E-state index in [4.69, 9.17) is 0 Å². The van der Waals surface area contributed by atoms with Crippen molar-refractivity contribution in [3.8, 4) is 0 Å². The standard InChI is InChI=1S/C17H25NO2S/c1-14-8-7-9-16(12-14)15(2)21(20)13-17(19)18-10-5-3-4-6-11-18/h7-9,12,15H,3-6,10-11,13H2,1-2H3/t15-,21+/m0/s1. The van der Waals surface area contributed by atoms with Crippen LogP contribution in [0.5, 0.6) is 0 Å². The summed E-state index contributed by atoms with van der Waals surface area (Å²) < 4.78 is 12.5. The van der Waals surface area contributed by atoms with E-state index in [0.717, 1.165) is 37.1 Å². The first kappa shape index (κ1) is 16.2. The van der Waals surface area contributed by atoms with E-state index in [-0.39, 0.29) is 16.9 Å². The molecular weight excluding hydrogens is 282 g/mol. The highest BCUT2D eigenvalue weighted by Gasteiger charge is 2.21. The molecule has 3 nitrogen and oxygen atoms in total. The fourth-order valence-electron chi connectivity index (χ4n) is 2.73. The second kappa shape index (κ2) is 7.74. The van der Waals surface area contributed by atoms with E-state index in [1.807, 2.05) is 36.9 Å². The van der Waals surface area contributed by atoms with Crippen LogP contribution in [0.1, 0.15) is 49.0 Å². The molecule has 0 spiro atoms. The number of carbonyl (C=O) groups is 1. The van der Waals surface area contributed by atoms with Gasteiger partial charge in [0.2, 0.25) is 5.91 Å². The van der Waals surface area contributed by atoms with Crippen molar-refractivity contribution in [3.63, 3.8) is 0 Å². The van der Waals surface area contributed by atoms with Crippen molar-refractivity contribution in [2.75, 3.05) is 18.8 Å². The molecule has 1 heterocycles. The summed E-state index contributed by atoms with van der Waals surface area (Å²) in [6.45, 7) is 5.63. The van der Waals surface area contributed by atoms with Gasteiger partial charge in [0.25, 0.3) is 0 Å². The molecule has 1 aromatic rings. The van der Waals surface area contributed by atoms with Crippen molar-refractivity contribution in [1.82, 2.24) is 4.90 Å². The van der Waals surface area contributed by atoms with Gasteiger partial charge in [-0.15, -0.1) is 0 Å². The summed E-state index contributed by atoms with van der Waals surface area (Å²) in [5.74, 6) is 0.199. The lowest BCUT2D eigenvalue weighted by Gasteiger charge is -2.21. The van der Waals surface area contributed by atoms with Crippen molar-refractivity contribution in [2.24, 2.45) is 0 Å². The molecule has 1 aromatic carbocycles. The van der Waals surface area contributed by atoms with E-state index in [0.29, 0.717) is 0 Å². The summed E-state index contributed by atoms with van der Waals surface area (Å²) in [5.41, 5.74) is 2.21. The summed E-state index contributed by atoms with van der Waals surface area (Å²) in [7, 11) is -1.15. The molecule has 0 radical (unpaired) electrons. The number of carbonyl (C=O) groups excluding carboxylic acids is 1. The summed E-state index contributed by atoms with van der Waals surface area (Å²) in [6, 6.07) is 8.06. The molecule has 2 rings (SSSR count). The predicted octanol–water partition coefficient (Wildman–Crippen LogP) is 3.21. The number of likely N-dealkylation sites (tertiary alicyclic amines) is 1. The van der Waals surface area contributed by atoms with Crippen molar-refractivity contribution in [3.05, 3.63) is 35.4 Å². The van der Waals surface area contributed by atoms with Gasteiger partial charge in [-0.1, -0.05) is 42.7 Å². The van der Waals surface area contributed by atoms with E-state index >= 15 is 0 Å². The topological polar surface area (TPSA) is 37.4 Å². The van der Waals surface area contributed by atoms with Crippen LogP contribution in [-0.2, 0) is 15.6 Å². The average Bonchev–Trinajstić information content (AvgIpc) is 2.75. The lowest BCUT2D eigenvalue weighted by molar-refractivity contribution is -0.128. The molecule has 1 fully saturated rings. The van der Waals surface area contributed by atoms with E-state index in [9.17, 15) is 9.00 Å². The highest BCUT2D eigenvalue weighted by molar-refractivity contribution is 7.86. The number of hydrogen-bond acceptors (Lipinski definition) is 2. The van der Waals surface area contributed by atoms with E-state index in [2.05, 4.69) is 6.07 Å². The Morgan fingerprint density at radius 3 is 2.52 bits per heavy atom. The maximum absolute atomic E-state index is 12.5. The Hall–Kier alpha value is -1.16. The molecule has 21 heavy (non-hydrogen) atoms. The van der Waals surface area contributed by atoms with Crippen LogP contribution >= 0.6 is 0 Å². The third-order valence-corrected chi connectivity index (χ3v) is 5.72. The third-order valence-electron chi connectivity index (χ3n) is 4.13. The second-order valence-corrected chi connectivity index (χ2v) is 7.63. The van der Waals surface area contributed by atoms with Crippen LogP contribution in [0.15, 0.2) is 24.3 Å². The second-order valence-electron chi connectivity index (χ2n) is 5.88. The number of amides is 1. The quantitative estimate of drug-likeness (QED) is 0.856. The highest BCUT2D eigenvalue weighted by atomic mass is 32.2. The van der Waals surface area contributed by atoms with Crippen LogP contribution in [0.3, 0.4) is 0 Å². The zero-order valence-corrected chi connectivity index (χ0v) is 13.8. The van der Waals surface area contributed by atoms with Gasteiger partial charge in [-0.05, 0) is 32.3 Å². The molecule has 1 amide bonds. The van der Waals surface area contributed by atoms with Gasteiger partial charge in [0, 0.05) is 23.9 Å². The minimum Gasteiger partial charge on any atom is -0.342 e. The maximum Gasteiger partial charge on any atom is 0.235 e. The molecule has 4 heteroatoms. The van der Waals surface area contributed by atoms with Gasteiger partial charge in [-0.3, -0.25) is 9.00 Å². The van der Waals surface area contributed by atoms with Gasteiger partial charge in [0.1, 0.15) is 5.75 Å². The first-order chi connectivity index (χ1) is 10.1. The van der Waals surface area contributed by atoms with Crippen LogP contribution in [-0.4, -0.2) is 33.9 Å². The lowest BCUT2D eigenvalue weighted by atomic mass is 10.1. The zero-order chi connectivity index (χ0) is 15.2. The van der Waals surface area contributed by atoms with Crippen LogP contribution in [0, 0.1) is 6.92 Å². The Morgan fingerprint density at radius 2 is 1.90 bits per heavy atom. The Labute approximate surface area is 130 Å². The van der Waals surface area contributed by atoms with Gasteiger partial charge in [0.05, 0.1) is 5.25 Å². The molecule has 0 aliphatic carbocycles. The predicted molar refractivity (Wildman–Crippen MR) is 87.7 cm³/mol. The van der Waals surface area contributed by atoms with E-state index in [1.165, 1.54) is 12.8 Å². The fourth-order valence-corrected chi connectivity index (χ4v) is 3.86. The van der Waals surface area contributed by atoms with E-state index in [1.54, 1.807) is 0 Å². The Bertz CT molecular complexity index is 507. The van der Waals surface area contributed by atoms with Crippen LogP contribution in [0.25, 0.3) is 0 Å². The van der Waals surface area contributed by atoms with Crippen molar-refractivity contribution in [2.45, 2.75) is 44.8 Å². The smallest absolute Gasteiger partial charge is 0.235 e. The van der Waals surface area contributed by atoms with Crippen LogP contribution in [0.2, 0.25) is 0 Å². The largest absolute Gasteiger partial charge is 0.342 e. The molecule has 0 N–H and O–H groups in total. The summed E-state index contributed by atoms with van der Waals surface area (Å²) in [5, 5.41) is -0.0965. The fraction of sp³-hybridized carbons (Fsp3) is 0.588. The molecule has 2 atom stereocenters. The van der Waals surface area contributed by atoms with Gasteiger partial charge in [-0.25, -0.2) is 0 Å². The molecule has 0 saturated carbocycles. The molecule has 1 saturated heterocycles. The number of nitrogens with zero attached hydrogens (tertiary/aromatic N) is 1. The summed E-state index contributed by atoms with van der Waals surface area (Å²) in [6.07, 6.45) is 4.55. The minimum atomic E-state index is -1.15. The molecule has 0 bridgehead atoms. The zero-order valence-electron chi connectivity index (χ0n) is 13.0. The third kappa shape index (κ3) is 4.67. The molecule has 0 unspecified atom stereocenters. The Balaban J connectivity index is 1.95. The molecule has 1 aliphatic heterocycles. The number of hydrogen-bond donors (Lipinski definition) is 0. The Morgan fingerprint density at radius 1 is 1.24 bits per heavy atom. The van der Waals surface area contributed by atoms with Crippen LogP contribution < -0.4 is 0 Å². The molecule has 1 aliphatic rings. The first-order valence-corrected chi connectivity index (χ1v) is 9.17. The Kier molecular flexibility index (Phi) is 5.97. The van der Waals surface area contributed by atoms with Gasteiger partial charge >= 0.3 is 0 Å². The van der Waals surface area contributed by atoms with Gasteiger partial charge < -0.3 is 4.90 Å². The lowest BCUT2D eigenvalue weighted by Crippen LogP contribution is -2.35. The SMILES string of the molecule is Cc1cccc([C@H](C)[S@](=O)CC(=O)N2CCCCCC2)c1. The number of aryl methyl sites for hydroxylation is 1.